The molecular weight excluding hydrogens is 474 g/mol. The zero-order chi connectivity index (χ0) is 24.0. The number of aryl methyl sites for hydroxylation is 1. The third-order valence-corrected chi connectivity index (χ3v) is 6.56. The minimum Gasteiger partial charge on any atom is -0.435 e. The first kappa shape index (κ1) is 24.9. The van der Waals surface area contributed by atoms with Crippen LogP contribution in [0.4, 0.5) is 8.78 Å². The maximum absolute atomic E-state index is 12.3. The molecule has 0 radical (unpaired) electrons. The molecule has 2 aromatic carbocycles. The van der Waals surface area contributed by atoms with Crippen LogP contribution in [0.2, 0.25) is 0 Å². The first-order valence-electron chi connectivity index (χ1n) is 10.1. The first-order chi connectivity index (χ1) is 15.7. The predicted octanol–water partition coefficient (Wildman–Crippen LogP) is 3.15. The molecule has 3 rings (SSSR count). The van der Waals surface area contributed by atoms with Crippen molar-refractivity contribution < 1.29 is 26.7 Å². The lowest BCUT2D eigenvalue weighted by Crippen LogP contribution is -2.27. The predicted molar refractivity (Wildman–Crippen MR) is 122 cm³/mol. The Morgan fingerprint density at radius 2 is 1.97 bits per heavy atom. The second-order valence-corrected chi connectivity index (χ2v) is 9.66. The summed E-state index contributed by atoms with van der Waals surface area (Å²) in [6, 6.07) is 10.8. The lowest BCUT2D eigenvalue weighted by atomic mass is 10.1. The summed E-state index contributed by atoms with van der Waals surface area (Å²) in [5.74, 6) is 0.0364. The Morgan fingerprint density at radius 1 is 1.24 bits per heavy atom. The molecule has 1 heterocycles. The molecule has 0 saturated carbocycles. The molecule has 3 aromatic rings. The number of nitrogens with one attached hydrogen (secondary N) is 1. The number of halogens is 2. The number of nitrogens with zero attached hydrogens (tertiary/aromatic N) is 2. The molecule has 0 spiro atoms. The van der Waals surface area contributed by atoms with Gasteiger partial charge >= 0.3 is 6.61 Å². The third-order valence-electron chi connectivity index (χ3n) is 4.68. The van der Waals surface area contributed by atoms with Crippen LogP contribution in [-0.2, 0) is 27.8 Å². The summed E-state index contributed by atoms with van der Waals surface area (Å²) >= 11 is 1.26. The van der Waals surface area contributed by atoms with Crippen molar-refractivity contribution in [2.75, 3.05) is 12.3 Å². The largest absolute Gasteiger partial charge is 0.435 e. The average Bonchev–Trinajstić information content (AvgIpc) is 3.09. The number of rotatable bonds is 11. The van der Waals surface area contributed by atoms with Crippen molar-refractivity contribution in [3.8, 4) is 5.75 Å². The fourth-order valence-electron chi connectivity index (χ4n) is 3.18. The maximum atomic E-state index is 12.3. The topological polar surface area (TPSA) is 116 Å². The van der Waals surface area contributed by atoms with Crippen molar-refractivity contribution in [2.24, 2.45) is 5.14 Å². The Hall–Kier alpha value is -2.70. The van der Waals surface area contributed by atoms with Crippen LogP contribution >= 0.6 is 11.8 Å². The molecule has 178 valence electrons. The van der Waals surface area contributed by atoms with Gasteiger partial charge < -0.3 is 14.6 Å². The fourth-order valence-corrected chi connectivity index (χ4v) is 4.58. The van der Waals surface area contributed by atoms with E-state index >= 15 is 0 Å². The Kier molecular flexibility index (Phi) is 8.27. The van der Waals surface area contributed by atoms with Crippen LogP contribution in [0.3, 0.4) is 0 Å². The highest BCUT2D eigenvalue weighted by molar-refractivity contribution is 7.99. The van der Waals surface area contributed by atoms with Gasteiger partial charge in [0.15, 0.2) is 5.16 Å². The number of sulfonamides is 1. The number of aromatic nitrogens is 2. The smallest absolute Gasteiger partial charge is 0.387 e. The molecule has 0 aliphatic heterocycles. The van der Waals surface area contributed by atoms with Crippen LogP contribution in [-0.4, -0.2) is 42.8 Å². The summed E-state index contributed by atoms with van der Waals surface area (Å²) in [6.45, 7) is 0.199. The molecule has 0 atom stereocenters. The summed E-state index contributed by atoms with van der Waals surface area (Å²) < 4.78 is 53.9. The second kappa shape index (κ2) is 10.9. The number of alkyl halides is 2. The number of carbonyl (C=O) groups excluding carboxylic acids is 1. The van der Waals surface area contributed by atoms with Crippen LogP contribution in [0.5, 0.6) is 5.75 Å². The van der Waals surface area contributed by atoms with Gasteiger partial charge in [-0.3, -0.25) is 4.79 Å². The van der Waals surface area contributed by atoms with Gasteiger partial charge in [0.1, 0.15) is 5.75 Å². The highest BCUT2D eigenvalue weighted by atomic mass is 32.2. The van der Waals surface area contributed by atoms with E-state index in [1.807, 2.05) is 11.5 Å². The van der Waals surface area contributed by atoms with Gasteiger partial charge in [0.25, 0.3) is 0 Å². The summed E-state index contributed by atoms with van der Waals surface area (Å²) in [6.07, 6.45) is 1.37. The molecule has 3 N–H and O–H groups in total. The number of imidazole rings is 1. The normalized spacial score (nSPS) is 11.8. The molecule has 12 heteroatoms. The van der Waals surface area contributed by atoms with Crippen molar-refractivity contribution in [3.05, 3.63) is 48.0 Å². The summed E-state index contributed by atoms with van der Waals surface area (Å²) in [7, 11) is -3.84. The molecule has 1 aromatic heterocycles. The van der Waals surface area contributed by atoms with Crippen molar-refractivity contribution in [2.45, 2.75) is 43.0 Å². The Balaban J connectivity index is 1.57. The highest BCUT2D eigenvalue weighted by Gasteiger charge is 2.16. The van der Waals surface area contributed by atoms with Gasteiger partial charge in [0, 0.05) is 13.1 Å². The van der Waals surface area contributed by atoms with Gasteiger partial charge in [-0.15, -0.1) is 0 Å². The monoisotopic (exact) mass is 498 g/mol. The molecule has 8 nitrogen and oxygen atoms in total. The highest BCUT2D eigenvalue weighted by Crippen LogP contribution is 2.26. The standard InChI is InChI=1S/C21H24F2N4O4S2/c1-2-11-27-18-8-7-16(33(24,29)30)12-17(18)26-21(27)32-13-19(28)25-10-9-14-3-5-15(6-4-14)31-20(22)23/h3-8,12,20H,2,9-11,13H2,1H3,(H,25,28)(H2,24,29,30). The molecule has 0 bridgehead atoms. The molecule has 0 aliphatic carbocycles. The van der Waals surface area contributed by atoms with Crippen LogP contribution in [0.15, 0.2) is 52.5 Å². The number of benzene rings is 2. The Bertz CT molecular complexity index is 1210. The molecule has 1 amide bonds. The van der Waals surface area contributed by atoms with E-state index in [-0.39, 0.29) is 22.3 Å². The van der Waals surface area contributed by atoms with Gasteiger partial charge in [-0.2, -0.15) is 8.78 Å². The van der Waals surface area contributed by atoms with Crippen LogP contribution in [0, 0.1) is 0 Å². The number of primary sulfonamides is 1. The van der Waals surface area contributed by atoms with Crippen molar-refractivity contribution in [1.82, 2.24) is 14.9 Å². The van der Waals surface area contributed by atoms with Gasteiger partial charge in [-0.1, -0.05) is 30.8 Å². The first-order valence-corrected chi connectivity index (χ1v) is 12.7. The van der Waals surface area contributed by atoms with E-state index in [0.717, 1.165) is 17.5 Å². The number of hydrogen-bond donors (Lipinski definition) is 2. The van der Waals surface area contributed by atoms with E-state index in [2.05, 4.69) is 15.0 Å². The van der Waals surface area contributed by atoms with Crippen LogP contribution in [0.25, 0.3) is 11.0 Å². The number of hydrogen-bond acceptors (Lipinski definition) is 6. The van der Waals surface area contributed by atoms with Gasteiger partial charge in [-0.25, -0.2) is 18.5 Å². The molecule has 0 aliphatic rings. The quantitative estimate of drug-likeness (QED) is 0.393. The SMILES string of the molecule is CCCn1c(SCC(=O)NCCc2ccc(OC(F)F)cc2)nc2cc(S(N)(=O)=O)ccc21. The minimum absolute atomic E-state index is 0.0146. The van der Waals surface area contributed by atoms with Gasteiger partial charge in [0.2, 0.25) is 15.9 Å². The summed E-state index contributed by atoms with van der Waals surface area (Å²) in [5.41, 5.74) is 2.14. The molecule has 0 fully saturated rings. The lowest BCUT2D eigenvalue weighted by molar-refractivity contribution is -0.118. The molecule has 0 saturated heterocycles. The third kappa shape index (κ3) is 6.89. The maximum Gasteiger partial charge on any atom is 0.387 e. The summed E-state index contributed by atoms with van der Waals surface area (Å²) in [4.78, 5) is 16.8. The van der Waals surface area contributed by atoms with Crippen molar-refractivity contribution in [1.29, 1.82) is 0 Å². The number of thioether (sulfide) groups is 1. The lowest BCUT2D eigenvalue weighted by Gasteiger charge is -2.09. The number of amides is 1. The zero-order valence-electron chi connectivity index (χ0n) is 17.8. The Morgan fingerprint density at radius 3 is 2.61 bits per heavy atom. The van der Waals surface area contributed by atoms with Crippen LogP contribution in [0.1, 0.15) is 18.9 Å². The molecule has 0 unspecified atom stereocenters. The molecule has 33 heavy (non-hydrogen) atoms. The number of nitrogens with two attached hydrogens (primary N) is 1. The fraction of sp³-hybridized carbons (Fsp3) is 0.333. The summed E-state index contributed by atoms with van der Waals surface area (Å²) in [5, 5.41) is 8.64. The van der Waals surface area contributed by atoms with E-state index in [1.165, 1.54) is 36.0 Å². The number of ether oxygens (including phenoxy) is 1. The second-order valence-electron chi connectivity index (χ2n) is 7.15. The number of fused-ring (bicyclic) bond motifs is 1. The number of carbonyl (C=O) groups is 1. The van der Waals surface area contributed by atoms with E-state index < -0.39 is 16.6 Å². The minimum atomic E-state index is -3.84. The zero-order valence-corrected chi connectivity index (χ0v) is 19.5. The van der Waals surface area contributed by atoms with Gasteiger partial charge in [0.05, 0.1) is 21.7 Å². The van der Waals surface area contributed by atoms with E-state index in [1.54, 1.807) is 18.2 Å². The van der Waals surface area contributed by atoms with E-state index in [4.69, 9.17) is 5.14 Å². The Labute approximate surface area is 194 Å². The van der Waals surface area contributed by atoms with Gasteiger partial charge in [-0.05, 0) is 48.7 Å². The van der Waals surface area contributed by atoms with E-state index in [9.17, 15) is 22.0 Å². The van der Waals surface area contributed by atoms with Crippen LogP contribution < -0.4 is 15.2 Å². The van der Waals surface area contributed by atoms with E-state index in [0.29, 0.717) is 30.2 Å². The van der Waals surface area contributed by atoms with Crippen molar-refractivity contribution in [3.63, 3.8) is 0 Å². The average molecular weight is 499 g/mol. The molecular formula is C21H24F2N4O4S2. The van der Waals surface area contributed by atoms with Crippen molar-refractivity contribution >= 4 is 38.7 Å².